The lowest BCUT2D eigenvalue weighted by atomic mass is 10.1. The van der Waals surface area contributed by atoms with Crippen LogP contribution in [0.25, 0.3) is 0 Å². The Balaban J connectivity index is 1.25. The average molecular weight is 455 g/mol. The number of carbonyl (C=O) groups is 1. The zero-order chi connectivity index (χ0) is 23.3. The number of ether oxygens (including phenoxy) is 1. The molecule has 0 spiro atoms. The van der Waals surface area contributed by atoms with Gasteiger partial charge < -0.3 is 9.64 Å². The predicted octanol–water partition coefficient (Wildman–Crippen LogP) is 4.64. The Kier molecular flexibility index (Phi) is 6.93. The third-order valence-corrected chi connectivity index (χ3v) is 5.56. The largest absolute Gasteiger partial charge is 0.473 e. The number of pyridine rings is 1. The highest BCUT2D eigenvalue weighted by molar-refractivity contribution is 5.94. The number of benzene rings is 2. The molecular weight excluding hydrogens is 431 g/mol. The van der Waals surface area contributed by atoms with Crippen molar-refractivity contribution in [2.24, 2.45) is 0 Å². The molecule has 1 fully saturated rings. The van der Waals surface area contributed by atoms with Gasteiger partial charge in [-0.1, -0.05) is 42.5 Å². The molecule has 2 heterocycles. The summed E-state index contributed by atoms with van der Waals surface area (Å²) in [7, 11) is 0. The SMILES string of the molecule is O=C(c1ccc(OCc2ccccc2)nc1)N1CCN(Cc2ccc(C(F)(F)F)cc2)CC1. The van der Waals surface area contributed by atoms with Crippen molar-refractivity contribution >= 4 is 5.91 Å². The highest BCUT2D eigenvalue weighted by Crippen LogP contribution is 2.29. The van der Waals surface area contributed by atoms with Crippen molar-refractivity contribution in [1.29, 1.82) is 0 Å². The number of aromatic nitrogens is 1. The molecule has 0 aliphatic carbocycles. The van der Waals surface area contributed by atoms with Crippen LogP contribution in [0.4, 0.5) is 13.2 Å². The molecule has 4 rings (SSSR count). The summed E-state index contributed by atoms with van der Waals surface area (Å²) in [4.78, 5) is 21.0. The van der Waals surface area contributed by atoms with E-state index in [-0.39, 0.29) is 5.91 Å². The molecule has 1 aromatic heterocycles. The Labute approximate surface area is 190 Å². The predicted molar refractivity (Wildman–Crippen MR) is 118 cm³/mol. The molecule has 5 nitrogen and oxygen atoms in total. The number of amides is 1. The third-order valence-electron chi connectivity index (χ3n) is 5.56. The van der Waals surface area contributed by atoms with Crippen LogP contribution < -0.4 is 4.74 Å². The van der Waals surface area contributed by atoms with Gasteiger partial charge in [-0.2, -0.15) is 13.2 Å². The van der Waals surface area contributed by atoms with Crippen molar-refractivity contribution < 1.29 is 22.7 Å². The maximum Gasteiger partial charge on any atom is 0.416 e. The summed E-state index contributed by atoms with van der Waals surface area (Å²) < 4.78 is 43.8. The molecule has 8 heteroatoms. The second kappa shape index (κ2) is 10.0. The molecule has 1 saturated heterocycles. The van der Waals surface area contributed by atoms with Gasteiger partial charge in [-0.25, -0.2) is 4.98 Å². The second-order valence-electron chi connectivity index (χ2n) is 7.92. The number of carbonyl (C=O) groups excluding carboxylic acids is 1. The van der Waals surface area contributed by atoms with Gasteiger partial charge in [-0.05, 0) is 29.3 Å². The Bertz CT molecular complexity index is 1050. The average Bonchev–Trinajstić information content (AvgIpc) is 2.84. The van der Waals surface area contributed by atoms with Gasteiger partial charge in [0.15, 0.2) is 0 Å². The Morgan fingerprint density at radius 1 is 0.879 bits per heavy atom. The number of nitrogens with zero attached hydrogens (tertiary/aromatic N) is 3. The Morgan fingerprint density at radius 2 is 1.58 bits per heavy atom. The topological polar surface area (TPSA) is 45.7 Å². The van der Waals surface area contributed by atoms with Gasteiger partial charge in [-0.15, -0.1) is 0 Å². The second-order valence-corrected chi connectivity index (χ2v) is 7.92. The molecular formula is C25H24F3N3O2. The first-order valence-electron chi connectivity index (χ1n) is 10.7. The lowest BCUT2D eigenvalue weighted by Crippen LogP contribution is -2.48. The van der Waals surface area contributed by atoms with Crippen LogP contribution in [0.3, 0.4) is 0 Å². The van der Waals surface area contributed by atoms with Crippen LogP contribution in [0, 0.1) is 0 Å². The van der Waals surface area contributed by atoms with Gasteiger partial charge in [0.1, 0.15) is 6.61 Å². The normalized spacial score (nSPS) is 14.8. The first-order valence-corrected chi connectivity index (χ1v) is 10.7. The first kappa shape index (κ1) is 22.8. The zero-order valence-corrected chi connectivity index (χ0v) is 18.0. The van der Waals surface area contributed by atoms with Crippen molar-refractivity contribution in [3.8, 4) is 5.88 Å². The lowest BCUT2D eigenvalue weighted by Gasteiger charge is -2.34. The Morgan fingerprint density at radius 3 is 2.18 bits per heavy atom. The van der Waals surface area contributed by atoms with Crippen molar-refractivity contribution in [2.75, 3.05) is 26.2 Å². The third kappa shape index (κ3) is 6.10. The van der Waals surface area contributed by atoms with Crippen molar-refractivity contribution in [2.45, 2.75) is 19.3 Å². The maximum absolute atomic E-state index is 12.8. The van der Waals surface area contributed by atoms with Crippen LogP contribution in [0.5, 0.6) is 5.88 Å². The van der Waals surface area contributed by atoms with Crippen LogP contribution in [0.1, 0.15) is 27.0 Å². The van der Waals surface area contributed by atoms with E-state index in [0.29, 0.717) is 50.8 Å². The highest BCUT2D eigenvalue weighted by Gasteiger charge is 2.30. The van der Waals surface area contributed by atoms with Gasteiger partial charge in [0.2, 0.25) is 5.88 Å². The monoisotopic (exact) mass is 455 g/mol. The fraction of sp³-hybridized carbons (Fsp3) is 0.280. The molecule has 2 aromatic carbocycles. The number of halogens is 3. The standard InChI is InChI=1S/C25H24F3N3O2/c26-25(27,28)22-9-6-19(7-10-22)17-30-12-14-31(15-13-30)24(32)21-8-11-23(29-16-21)33-18-20-4-2-1-3-5-20/h1-11,16H,12-15,17-18H2. The van der Waals surface area contributed by atoms with E-state index in [9.17, 15) is 18.0 Å². The highest BCUT2D eigenvalue weighted by atomic mass is 19.4. The van der Waals surface area contributed by atoms with E-state index >= 15 is 0 Å². The number of rotatable bonds is 6. The molecule has 1 aliphatic heterocycles. The Hall–Kier alpha value is -3.39. The summed E-state index contributed by atoms with van der Waals surface area (Å²) in [6.45, 7) is 3.35. The van der Waals surface area contributed by atoms with E-state index in [2.05, 4.69) is 9.88 Å². The summed E-state index contributed by atoms with van der Waals surface area (Å²) >= 11 is 0. The zero-order valence-electron chi connectivity index (χ0n) is 18.0. The number of piperazine rings is 1. The van der Waals surface area contributed by atoms with E-state index < -0.39 is 11.7 Å². The molecule has 1 aliphatic rings. The minimum atomic E-state index is -4.33. The van der Waals surface area contributed by atoms with Crippen molar-refractivity contribution in [3.05, 3.63) is 95.2 Å². The molecule has 0 bridgehead atoms. The summed E-state index contributed by atoms with van der Waals surface area (Å²) in [5, 5.41) is 0. The van der Waals surface area contributed by atoms with Gasteiger partial charge in [-0.3, -0.25) is 9.69 Å². The van der Waals surface area contributed by atoms with E-state index in [1.54, 1.807) is 17.0 Å². The molecule has 172 valence electrons. The fourth-order valence-corrected chi connectivity index (χ4v) is 3.67. The van der Waals surface area contributed by atoms with E-state index in [4.69, 9.17) is 4.74 Å². The quantitative estimate of drug-likeness (QED) is 0.544. The van der Waals surface area contributed by atoms with E-state index in [1.807, 2.05) is 30.3 Å². The van der Waals surface area contributed by atoms with Gasteiger partial charge in [0.05, 0.1) is 11.1 Å². The summed E-state index contributed by atoms with van der Waals surface area (Å²) in [6.07, 6.45) is -2.80. The first-order chi connectivity index (χ1) is 15.9. The molecule has 0 radical (unpaired) electrons. The van der Waals surface area contributed by atoms with Crippen molar-refractivity contribution in [3.63, 3.8) is 0 Å². The molecule has 3 aromatic rings. The summed E-state index contributed by atoms with van der Waals surface area (Å²) in [6, 6.07) is 18.4. The van der Waals surface area contributed by atoms with Crippen LogP contribution in [0.2, 0.25) is 0 Å². The number of hydrogen-bond acceptors (Lipinski definition) is 4. The lowest BCUT2D eigenvalue weighted by molar-refractivity contribution is -0.137. The molecule has 0 unspecified atom stereocenters. The van der Waals surface area contributed by atoms with Crippen molar-refractivity contribution in [1.82, 2.24) is 14.8 Å². The van der Waals surface area contributed by atoms with E-state index in [0.717, 1.165) is 23.3 Å². The smallest absolute Gasteiger partial charge is 0.416 e. The van der Waals surface area contributed by atoms with Crippen LogP contribution >= 0.6 is 0 Å². The van der Waals surface area contributed by atoms with Crippen LogP contribution in [-0.4, -0.2) is 46.9 Å². The molecule has 0 atom stereocenters. The summed E-state index contributed by atoms with van der Waals surface area (Å²) in [5.74, 6) is 0.364. The molecule has 33 heavy (non-hydrogen) atoms. The van der Waals surface area contributed by atoms with Crippen LogP contribution in [-0.2, 0) is 19.3 Å². The van der Waals surface area contributed by atoms with Gasteiger partial charge in [0, 0.05) is 45.0 Å². The molecule has 0 N–H and O–H groups in total. The van der Waals surface area contributed by atoms with E-state index in [1.165, 1.54) is 18.3 Å². The minimum absolute atomic E-state index is 0.0914. The maximum atomic E-state index is 12.8. The molecule has 1 amide bonds. The number of hydrogen-bond donors (Lipinski definition) is 0. The minimum Gasteiger partial charge on any atom is -0.473 e. The molecule has 0 saturated carbocycles. The number of alkyl halides is 3. The van der Waals surface area contributed by atoms with Crippen LogP contribution in [0.15, 0.2) is 72.9 Å². The van der Waals surface area contributed by atoms with Gasteiger partial charge in [0.25, 0.3) is 5.91 Å². The fourth-order valence-electron chi connectivity index (χ4n) is 3.67. The summed E-state index contributed by atoms with van der Waals surface area (Å²) in [5.41, 5.74) is 1.71. The van der Waals surface area contributed by atoms with Gasteiger partial charge >= 0.3 is 6.18 Å².